The number of hydrogen-bond acceptors (Lipinski definition) is 3. The van der Waals surface area contributed by atoms with E-state index in [9.17, 15) is 9.59 Å². The van der Waals surface area contributed by atoms with Gasteiger partial charge in [-0.05, 0) is 63.6 Å². The van der Waals surface area contributed by atoms with Crippen LogP contribution in [0.1, 0.15) is 43.1 Å². The van der Waals surface area contributed by atoms with E-state index >= 15 is 0 Å². The molecule has 2 aromatic carbocycles. The molecule has 1 unspecified atom stereocenters. The highest BCUT2D eigenvalue weighted by Crippen LogP contribution is 2.17. The van der Waals surface area contributed by atoms with Crippen LogP contribution in [0, 0.1) is 6.92 Å². The van der Waals surface area contributed by atoms with Crippen molar-refractivity contribution in [3.63, 3.8) is 0 Å². The Balaban J connectivity index is 2.01. The zero-order valence-corrected chi connectivity index (χ0v) is 16.5. The second-order valence-corrected chi connectivity index (χ2v) is 6.37. The van der Waals surface area contributed by atoms with Crippen LogP contribution in [0.2, 0.25) is 0 Å². The molecule has 0 aliphatic rings. The Kier molecular flexibility index (Phi) is 7.41. The first kappa shape index (κ1) is 20.5. The number of carbonyl (C=O) groups is 2. The maximum absolute atomic E-state index is 12.5. The summed E-state index contributed by atoms with van der Waals surface area (Å²) in [6, 6.07) is 14.6. The minimum Gasteiger partial charge on any atom is -0.481 e. The van der Waals surface area contributed by atoms with E-state index in [1.165, 1.54) is 0 Å². The number of rotatable bonds is 8. The molecule has 1 N–H and O–H groups in total. The molecular formula is C22H28N2O3. The van der Waals surface area contributed by atoms with Gasteiger partial charge in [0.05, 0.1) is 0 Å². The predicted octanol–water partition coefficient (Wildman–Crippen LogP) is 4.27. The second kappa shape index (κ2) is 9.76. The van der Waals surface area contributed by atoms with E-state index in [1.807, 2.05) is 52.0 Å². The topological polar surface area (TPSA) is 58.6 Å². The first-order valence-electron chi connectivity index (χ1n) is 9.42. The minimum absolute atomic E-state index is 0.00739. The Morgan fingerprint density at radius 3 is 2.07 bits per heavy atom. The van der Waals surface area contributed by atoms with E-state index in [0.717, 1.165) is 5.56 Å². The van der Waals surface area contributed by atoms with Gasteiger partial charge >= 0.3 is 0 Å². The van der Waals surface area contributed by atoms with E-state index in [4.69, 9.17) is 4.74 Å². The Hall–Kier alpha value is -2.82. The molecule has 0 aromatic heterocycles. The van der Waals surface area contributed by atoms with Crippen LogP contribution in [-0.2, 0) is 4.79 Å². The summed E-state index contributed by atoms with van der Waals surface area (Å²) >= 11 is 0. The SMILES string of the molecule is CCC(Oc1ccc(C)cc1)C(=O)Nc1ccc(C(=O)N(CC)CC)cc1. The second-order valence-electron chi connectivity index (χ2n) is 6.37. The Morgan fingerprint density at radius 1 is 0.963 bits per heavy atom. The largest absolute Gasteiger partial charge is 0.481 e. The molecule has 0 saturated carbocycles. The summed E-state index contributed by atoms with van der Waals surface area (Å²) in [6.07, 6.45) is -0.0252. The number of carbonyl (C=O) groups excluding carboxylic acids is 2. The molecule has 0 saturated heterocycles. The highest BCUT2D eigenvalue weighted by molar-refractivity contribution is 5.97. The van der Waals surface area contributed by atoms with Gasteiger partial charge in [-0.1, -0.05) is 24.6 Å². The van der Waals surface area contributed by atoms with Gasteiger partial charge in [0.15, 0.2) is 6.10 Å². The molecule has 2 rings (SSSR count). The molecule has 1 atom stereocenters. The molecule has 0 spiro atoms. The smallest absolute Gasteiger partial charge is 0.265 e. The number of anilines is 1. The molecule has 144 valence electrons. The van der Waals surface area contributed by atoms with Crippen molar-refractivity contribution in [1.29, 1.82) is 0 Å². The fourth-order valence-corrected chi connectivity index (χ4v) is 2.72. The number of nitrogens with zero attached hydrogens (tertiary/aromatic N) is 1. The van der Waals surface area contributed by atoms with Crippen LogP contribution in [0.5, 0.6) is 5.75 Å². The van der Waals surface area contributed by atoms with E-state index in [2.05, 4.69) is 5.32 Å². The van der Waals surface area contributed by atoms with Crippen LogP contribution in [0.25, 0.3) is 0 Å². The normalized spacial score (nSPS) is 11.6. The fraction of sp³-hybridized carbons (Fsp3) is 0.364. The summed E-state index contributed by atoms with van der Waals surface area (Å²) in [6.45, 7) is 9.15. The molecule has 2 amide bonds. The molecule has 5 nitrogen and oxygen atoms in total. The molecule has 5 heteroatoms. The number of hydrogen-bond donors (Lipinski definition) is 1. The van der Waals surface area contributed by atoms with E-state index in [0.29, 0.717) is 36.5 Å². The van der Waals surface area contributed by atoms with Crippen molar-refractivity contribution in [1.82, 2.24) is 4.90 Å². The highest BCUT2D eigenvalue weighted by atomic mass is 16.5. The Morgan fingerprint density at radius 2 is 1.56 bits per heavy atom. The van der Waals surface area contributed by atoms with Gasteiger partial charge in [0.2, 0.25) is 0 Å². The molecular weight excluding hydrogens is 340 g/mol. The summed E-state index contributed by atoms with van der Waals surface area (Å²) in [5.74, 6) is 0.454. The molecule has 0 aliphatic carbocycles. The number of ether oxygens (including phenoxy) is 1. The summed E-state index contributed by atoms with van der Waals surface area (Å²) < 4.78 is 5.80. The quantitative estimate of drug-likeness (QED) is 0.757. The fourth-order valence-electron chi connectivity index (χ4n) is 2.72. The van der Waals surface area contributed by atoms with Crippen LogP contribution < -0.4 is 10.1 Å². The first-order valence-corrected chi connectivity index (χ1v) is 9.42. The highest BCUT2D eigenvalue weighted by Gasteiger charge is 2.19. The van der Waals surface area contributed by atoms with Crippen molar-refractivity contribution in [3.05, 3.63) is 59.7 Å². The van der Waals surface area contributed by atoms with E-state index < -0.39 is 6.10 Å². The maximum atomic E-state index is 12.5. The van der Waals surface area contributed by atoms with E-state index in [-0.39, 0.29) is 11.8 Å². The average Bonchev–Trinajstić information content (AvgIpc) is 2.68. The van der Waals surface area contributed by atoms with Crippen molar-refractivity contribution >= 4 is 17.5 Å². The lowest BCUT2D eigenvalue weighted by molar-refractivity contribution is -0.122. The molecule has 2 aromatic rings. The van der Waals surface area contributed by atoms with Gasteiger partial charge in [-0.25, -0.2) is 0 Å². The monoisotopic (exact) mass is 368 g/mol. The van der Waals surface area contributed by atoms with Gasteiger partial charge in [-0.2, -0.15) is 0 Å². The summed E-state index contributed by atoms with van der Waals surface area (Å²) in [5, 5.41) is 2.86. The van der Waals surface area contributed by atoms with Gasteiger partial charge < -0.3 is 15.0 Å². The van der Waals surface area contributed by atoms with Crippen LogP contribution in [0.4, 0.5) is 5.69 Å². The predicted molar refractivity (Wildman–Crippen MR) is 108 cm³/mol. The van der Waals surface area contributed by atoms with Gasteiger partial charge in [0.25, 0.3) is 11.8 Å². The summed E-state index contributed by atoms with van der Waals surface area (Å²) in [5.41, 5.74) is 2.39. The molecule has 0 radical (unpaired) electrons. The molecule has 0 bridgehead atoms. The lowest BCUT2D eigenvalue weighted by Gasteiger charge is -2.19. The Labute approximate surface area is 161 Å². The third-order valence-electron chi connectivity index (χ3n) is 4.41. The first-order chi connectivity index (χ1) is 13.0. The maximum Gasteiger partial charge on any atom is 0.265 e. The number of nitrogens with one attached hydrogen (secondary N) is 1. The third-order valence-corrected chi connectivity index (χ3v) is 4.41. The lowest BCUT2D eigenvalue weighted by Crippen LogP contribution is -2.32. The van der Waals surface area contributed by atoms with Gasteiger partial charge in [0, 0.05) is 24.3 Å². The summed E-state index contributed by atoms with van der Waals surface area (Å²) in [7, 11) is 0. The number of aryl methyl sites for hydroxylation is 1. The van der Waals surface area contributed by atoms with Crippen molar-refractivity contribution in [2.45, 2.75) is 40.2 Å². The van der Waals surface area contributed by atoms with Crippen LogP contribution in [-0.4, -0.2) is 35.9 Å². The average molecular weight is 368 g/mol. The lowest BCUT2D eigenvalue weighted by atomic mass is 10.1. The van der Waals surface area contributed by atoms with Crippen LogP contribution in [0.15, 0.2) is 48.5 Å². The summed E-state index contributed by atoms with van der Waals surface area (Å²) in [4.78, 5) is 26.6. The molecule has 0 heterocycles. The Bertz CT molecular complexity index is 750. The number of benzene rings is 2. The number of amides is 2. The van der Waals surface area contributed by atoms with Crippen LogP contribution in [0.3, 0.4) is 0 Å². The van der Waals surface area contributed by atoms with Crippen molar-refractivity contribution < 1.29 is 14.3 Å². The van der Waals surface area contributed by atoms with Crippen LogP contribution >= 0.6 is 0 Å². The standard InChI is InChI=1S/C22H28N2O3/c1-5-20(27-19-14-8-16(4)9-15-19)21(25)23-18-12-10-17(11-13-18)22(26)24(6-2)7-3/h8-15,20H,5-7H2,1-4H3,(H,23,25). The third kappa shape index (κ3) is 5.58. The zero-order valence-electron chi connectivity index (χ0n) is 16.5. The molecule has 0 aliphatic heterocycles. The van der Waals surface area contributed by atoms with Crippen molar-refractivity contribution in [3.8, 4) is 5.75 Å². The molecule has 27 heavy (non-hydrogen) atoms. The van der Waals surface area contributed by atoms with E-state index in [1.54, 1.807) is 29.2 Å². The van der Waals surface area contributed by atoms with Crippen molar-refractivity contribution in [2.24, 2.45) is 0 Å². The van der Waals surface area contributed by atoms with Crippen molar-refractivity contribution in [2.75, 3.05) is 18.4 Å². The van der Waals surface area contributed by atoms with Gasteiger partial charge in [-0.3, -0.25) is 9.59 Å². The minimum atomic E-state index is -0.579. The van der Waals surface area contributed by atoms with Gasteiger partial charge in [-0.15, -0.1) is 0 Å². The zero-order chi connectivity index (χ0) is 19.8. The molecule has 0 fully saturated rings. The van der Waals surface area contributed by atoms with Gasteiger partial charge in [0.1, 0.15) is 5.75 Å².